The lowest BCUT2D eigenvalue weighted by atomic mass is 10.0. The van der Waals surface area contributed by atoms with E-state index in [2.05, 4.69) is 54.0 Å². The number of nitrogens with zero attached hydrogens (tertiary/aromatic N) is 4. The Labute approximate surface area is 195 Å². The average molecular weight is 445 g/mol. The van der Waals surface area contributed by atoms with Crippen molar-refractivity contribution in [2.24, 2.45) is 0 Å². The van der Waals surface area contributed by atoms with E-state index in [0.717, 1.165) is 54.4 Å². The Bertz CT molecular complexity index is 1200. The fraction of sp³-hybridized carbons (Fsp3) is 0.407. The second-order valence-corrected chi connectivity index (χ2v) is 9.29. The van der Waals surface area contributed by atoms with E-state index in [9.17, 15) is 4.79 Å². The second-order valence-electron chi connectivity index (χ2n) is 9.29. The van der Waals surface area contributed by atoms with Crippen LogP contribution in [0.2, 0.25) is 0 Å². The molecule has 1 fully saturated rings. The molecule has 2 aliphatic rings. The largest absolute Gasteiger partial charge is 0.377 e. The van der Waals surface area contributed by atoms with Crippen molar-refractivity contribution in [2.45, 2.75) is 52.8 Å². The third-order valence-electron chi connectivity index (χ3n) is 6.95. The van der Waals surface area contributed by atoms with Gasteiger partial charge in [-0.1, -0.05) is 42.5 Å². The molecule has 0 radical (unpaired) electrons. The Kier molecular flexibility index (Phi) is 6.04. The minimum atomic E-state index is 0.0497. The highest BCUT2D eigenvalue weighted by Gasteiger charge is 2.30. The molecule has 0 N–H and O–H groups in total. The molecule has 1 unspecified atom stereocenters. The molecule has 2 aliphatic heterocycles. The lowest BCUT2D eigenvalue weighted by Gasteiger charge is -2.40. The van der Waals surface area contributed by atoms with Gasteiger partial charge >= 0.3 is 0 Å². The maximum atomic E-state index is 13.8. The van der Waals surface area contributed by atoms with Gasteiger partial charge in [-0.25, -0.2) is 4.98 Å². The predicted molar refractivity (Wildman–Crippen MR) is 131 cm³/mol. The summed E-state index contributed by atoms with van der Waals surface area (Å²) >= 11 is 0. The van der Waals surface area contributed by atoms with Crippen molar-refractivity contribution >= 4 is 11.6 Å². The summed E-state index contributed by atoms with van der Waals surface area (Å²) in [6.45, 7) is 9.09. The van der Waals surface area contributed by atoms with Gasteiger partial charge in [-0.3, -0.25) is 19.2 Å². The highest BCUT2D eigenvalue weighted by atomic mass is 16.5. The van der Waals surface area contributed by atoms with E-state index >= 15 is 0 Å². The van der Waals surface area contributed by atoms with Gasteiger partial charge in [0.05, 0.1) is 25.1 Å². The third-order valence-corrected chi connectivity index (χ3v) is 6.95. The quantitative estimate of drug-likeness (QED) is 0.587. The summed E-state index contributed by atoms with van der Waals surface area (Å²) in [6, 6.07) is 16.5. The van der Waals surface area contributed by atoms with Crippen molar-refractivity contribution in [3.05, 3.63) is 86.8 Å². The van der Waals surface area contributed by atoms with Gasteiger partial charge in [-0.05, 0) is 56.4 Å². The number of aromatic nitrogens is 2. The normalized spacial score (nSPS) is 18.5. The van der Waals surface area contributed by atoms with Crippen LogP contribution in [0.25, 0.3) is 0 Å². The van der Waals surface area contributed by atoms with Crippen molar-refractivity contribution < 1.29 is 4.74 Å². The topological polar surface area (TPSA) is 50.6 Å². The molecule has 1 atom stereocenters. The van der Waals surface area contributed by atoms with E-state index < -0.39 is 0 Å². The molecule has 3 aromatic rings. The number of rotatable bonds is 5. The fourth-order valence-electron chi connectivity index (χ4n) is 4.94. The molecular weight excluding hydrogens is 412 g/mol. The Morgan fingerprint density at radius 2 is 1.85 bits per heavy atom. The van der Waals surface area contributed by atoms with Crippen LogP contribution in [-0.4, -0.2) is 40.4 Å². The van der Waals surface area contributed by atoms with Crippen molar-refractivity contribution in [3.8, 4) is 0 Å². The van der Waals surface area contributed by atoms with Crippen molar-refractivity contribution in [1.82, 2.24) is 14.5 Å². The summed E-state index contributed by atoms with van der Waals surface area (Å²) in [5, 5.41) is 0. The van der Waals surface area contributed by atoms with Crippen LogP contribution in [0.1, 0.15) is 40.8 Å². The Morgan fingerprint density at radius 1 is 1.03 bits per heavy atom. The van der Waals surface area contributed by atoms with E-state index in [1.807, 2.05) is 29.7 Å². The van der Waals surface area contributed by atoms with E-state index in [-0.39, 0.29) is 11.7 Å². The highest BCUT2D eigenvalue weighted by molar-refractivity contribution is 5.64. The summed E-state index contributed by atoms with van der Waals surface area (Å²) in [4.78, 5) is 23.3. The minimum absolute atomic E-state index is 0.0497. The van der Waals surface area contributed by atoms with Gasteiger partial charge in [-0.15, -0.1) is 0 Å². The van der Waals surface area contributed by atoms with E-state index in [4.69, 9.17) is 9.72 Å². The summed E-state index contributed by atoms with van der Waals surface area (Å²) in [6.07, 6.45) is 3.00. The zero-order chi connectivity index (χ0) is 22.9. The summed E-state index contributed by atoms with van der Waals surface area (Å²) in [5.41, 5.74) is 6.29. The number of aryl methyl sites for hydroxylation is 2. The van der Waals surface area contributed by atoms with Crippen molar-refractivity contribution in [3.63, 3.8) is 0 Å². The first-order valence-corrected chi connectivity index (χ1v) is 11.8. The van der Waals surface area contributed by atoms with E-state index in [1.165, 1.54) is 11.1 Å². The summed E-state index contributed by atoms with van der Waals surface area (Å²) < 4.78 is 7.77. The third kappa shape index (κ3) is 4.33. The maximum Gasteiger partial charge on any atom is 0.259 e. The van der Waals surface area contributed by atoms with Crippen LogP contribution in [0.3, 0.4) is 0 Å². The molecule has 33 heavy (non-hydrogen) atoms. The molecule has 6 heteroatoms. The standard InChI is InChI=1S/C27H32N4O2/c1-19-9-7-13-25(20(19)2)30-17-29(16-23-12-8-14-33-23)18-31-26(32)24(21(3)28-27(30)31)15-22-10-5-4-6-11-22/h4-7,9-11,13,23H,8,12,14-18H2,1-3H3. The Hall–Kier alpha value is -2.96. The Balaban J connectivity index is 1.58. The van der Waals surface area contributed by atoms with Gasteiger partial charge in [0.1, 0.15) is 0 Å². The number of ether oxygens (including phenoxy) is 1. The molecule has 0 saturated carbocycles. The van der Waals surface area contributed by atoms with Gasteiger partial charge in [0, 0.05) is 30.8 Å². The van der Waals surface area contributed by atoms with Crippen molar-refractivity contribution in [1.29, 1.82) is 0 Å². The van der Waals surface area contributed by atoms with Crippen molar-refractivity contribution in [2.75, 3.05) is 24.7 Å². The lowest BCUT2D eigenvalue weighted by molar-refractivity contribution is 0.0584. The fourth-order valence-corrected chi connectivity index (χ4v) is 4.94. The molecule has 2 aromatic carbocycles. The molecule has 0 bridgehead atoms. The molecule has 172 valence electrons. The van der Waals surface area contributed by atoms with E-state index in [0.29, 0.717) is 19.8 Å². The molecule has 6 nitrogen and oxygen atoms in total. The second kappa shape index (κ2) is 9.12. The molecule has 0 amide bonds. The molecule has 1 aromatic heterocycles. The molecule has 0 spiro atoms. The number of hydrogen-bond acceptors (Lipinski definition) is 5. The monoisotopic (exact) mass is 444 g/mol. The molecule has 3 heterocycles. The SMILES string of the molecule is Cc1cccc(N2CN(CC3CCCO3)Cn3c2nc(C)c(Cc2ccccc2)c3=O)c1C. The first kappa shape index (κ1) is 21.9. The van der Waals surface area contributed by atoms with Crippen LogP contribution in [0.5, 0.6) is 0 Å². The first-order chi connectivity index (χ1) is 16.0. The zero-order valence-electron chi connectivity index (χ0n) is 19.8. The average Bonchev–Trinajstić information content (AvgIpc) is 3.32. The minimum Gasteiger partial charge on any atom is -0.377 e. The highest BCUT2D eigenvalue weighted by Crippen LogP contribution is 2.32. The van der Waals surface area contributed by atoms with Gasteiger partial charge in [-0.2, -0.15) is 0 Å². The Morgan fingerprint density at radius 3 is 2.61 bits per heavy atom. The predicted octanol–water partition coefficient (Wildman–Crippen LogP) is 4.31. The molecule has 0 aliphatic carbocycles. The van der Waals surface area contributed by atoms with Gasteiger partial charge < -0.3 is 4.74 Å². The maximum absolute atomic E-state index is 13.8. The van der Waals surface area contributed by atoms with Gasteiger partial charge in [0.15, 0.2) is 0 Å². The molecular formula is C27H32N4O2. The number of fused-ring (bicyclic) bond motifs is 1. The molecule has 1 saturated heterocycles. The smallest absolute Gasteiger partial charge is 0.259 e. The lowest BCUT2D eigenvalue weighted by Crippen LogP contribution is -2.50. The van der Waals surface area contributed by atoms with E-state index in [1.54, 1.807) is 0 Å². The van der Waals surface area contributed by atoms with Gasteiger partial charge in [0.2, 0.25) is 5.95 Å². The number of benzene rings is 2. The van der Waals surface area contributed by atoms with Crippen LogP contribution < -0.4 is 10.5 Å². The summed E-state index contributed by atoms with van der Waals surface area (Å²) in [7, 11) is 0. The van der Waals surface area contributed by atoms with Crippen LogP contribution in [-0.2, 0) is 17.8 Å². The number of hydrogen-bond donors (Lipinski definition) is 0. The zero-order valence-corrected chi connectivity index (χ0v) is 19.8. The van der Waals surface area contributed by atoms with Crippen LogP contribution in [0.4, 0.5) is 11.6 Å². The van der Waals surface area contributed by atoms with Crippen LogP contribution in [0.15, 0.2) is 53.3 Å². The molecule has 5 rings (SSSR count). The number of anilines is 2. The summed E-state index contributed by atoms with van der Waals surface area (Å²) in [5.74, 6) is 0.728. The first-order valence-electron chi connectivity index (χ1n) is 11.8. The van der Waals surface area contributed by atoms with Crippen LogP contribution in [0, 0.1) is 20.8 Å². The van der Waals surface area contributed by atoms with Gasteiger partial charge in [0.25, 0.3) is 5.56 Å². The van der Waals surface area contributed by atoms with Crippen LogP contribution >= 0.6 is 0 Å².